The highest BCUT2D eigenvalue weighted by atomic mass is 32.1. The van der Waals surface area contributed by atoms with Gasteiger partial charge in [0.05, 0.1) is 6.54 Å². The van der Waals surface area contributed by atoms with E-state index in [-0.39, 0.29) is 5.91 Å². The summed E-state index contributed by atoms with van der Waals surface area (Å²) in [6, 6.07) is 5.48. The Labute approximate surface area is 89.3 Å². The van der Waals surface area contributed by atoms with Gasteiger partial charge in [0.1, 0.15) is 0 Å². The smallest absolute Gasteiger partial charge is 0.268 e. The summed E-state index contributed by atoms with van der Waals surface area (Å²) in [5, 5.41) is 1.21. The average molecular weight is 210 g/mol. The molecule has 2 N–H and O–H groups in total. The van der Waals surface area contributed by atoms with Gasteiger partial charge in [0.15, 0.2) is 0 Å². The highest BCUT2D eigenvalue weighted by molar-refractivity contribution is 7.80. The number of nitrogens with two attached hydrogens (primary N) is 1. The maximum Gasteiger partial charge on any atom is 0.268 e. The third-order valence-electron chi connectivity index (χ3n) is 1.93. The minimum Gasteiger partial charge on any atom is -0.272 e. The van der Waals surface area contributed by atoms with Crippen molar-refractivity contribution in [3.8, 4) is 0 Å². The molecule has 0 saturated heterocycles. The fraction of sp³-hybridized carbons (Fsp3) is 0.300. The van der Waals surface area contributed by atoms with E-state index in [0.717, 1.165) is 10.5 Å². The van der Waals surface area contributed by atoms with Crippen molar-refractivity contribution < 1.29 is 4.79 Å². The first-order chi connectivity index (χ1) is 6.68. The SMILES string of the molecule is CC.NN1Cc2ccc(S)cc2C1=O. The lowest BCUT2D eigenvalue weighted by Gasteiger charge is -2.04. The van der Waals surface area contributed by atoms with Gasteiger partial charge in [-0.3, -0.25) is 9.80 Å². The van der Waals surface area contributed by atoms with E-state index < -0.39 is 0 Å². The summed E-state index contributed by atoms with van der Waals surface area (Å²) in [4.78, 5) is 12.1. The zero-order valence-electron chi connectivity index (χ0n) is 8.32. The van der Waals surface area contributed by atoms with E-state index >= 15 is 0 Å². The van der Waals surface area contributed by atoms with Crippen molar-refractivity contribution in [2.24, 2.45) is 5.84 Å². The Morgan fingerprint density at radius 2 is 2.07 bits per heavy atom. The van der Waals surface area contributed by atoms with Crippen LogP contribution in [0.3, 0.4) is 0 Å². The van der Waals surface area contributed by atoms with Crippen LogP contribution in [0.2, 0.25) is 0 Å². The number of rotatable bonds is 0. The third-order valence-corrected chi connectivity index (χ3v) is 2.20. The van der Waals surface area contributed by atoms with E-state index in [1.54, 1.807) is 6.07 Å². The van der Waals surface area contributed by atoms with Crippen molar-refractivity contribution in [3.63, 3.8) is 0 Å². The van der Waals surface area contributed by atoms with Crippen molar-refractivity contribution in [2.75, 3.05) is 0 Å². The normalized spacial score (nSPS) is 13.4. The van der Waals surface area contributed by atoms with Crippen LogP contribution in [0, 0.1) is 0 Å². The van der Waals surface area contributed by atoms with E-state index in [1.165, 1.54) is 5.01 Å². The van der Waals surface area contributed by atoms with Crippen LogP contribution in [0.1, 0.15) is 29.8 Å². The summed E-state index contributed by atoms with van der Waals surface area (Å²) in [5.41, 5.74) is 1.64. The van der Waals surface area contributed by atoms with Crippen molar-refractivity contribution in [1.82, 2.24) is 5.01 Å². The molecular weight excluding hydrogens is 196 g/mol. The molecule has 2 rings (SSSR count). The van der Waals surface area contributed by atoms with Crippen LogP contribution < -0.4 is 5.84 Å². The Morgan fingerprint density at radius 3 is 2.71 bits per heavy atom. The Bertz CT molecular complexity index is 352. The molecule has 0 bridgehead atoms. The monoisotopic (exact) mass is 210 g/mol. The van der Waals surface area contributed by atoms with Gasteiger partial charge in [0.25, 0.3) is 5.91 Å². The molecular formula is C10H14N2OS. The lowest BCUT2D eigenvalue weighted by molar-refractivity contribution is 0.0778. The van der Waals surface area contributed by atoms with Gasteiger partial charge in [0.2, 0.25) is 0 Å². The zero-order valence-corrected chi connectivity index (χ0v) is 9.21. The van der Waals surface area contributed by atoms with Crippen LogP contribution in [-0.2, 0) is 6.54 Å². The molecule has 76 valence electrons. The highest BCUT2D eigenvalue weighted by Gasteiger charge is 2.24. The second-order valence-corrected chi connectivity index (χ2v) is 3.29. The van der Waals surface area contributed by atoms with Crippen LogP contribution >= 0.6 is 12.6 Å². The molecule has 1 aliphatic rings. The molecule has 14 heavy (non-hydrogen) atoms. The fourth-order valence-corrected chi connectivity index (χ4v) is 1.52. The van der Waals surface area contributed by atoms with Gasteiger partial charge in [-0.15, -0.1) is 12.6 Å². The molecule has 0 aromatic heterocycles. The van der Waals surface area contributed by atoms with E-state index in [1.807, 2.05) is 26.0 Å². The number of fused-ring (bicyclic) bond motifs is 1. The zero-order chi connectivity index (χ0) is 10.7. The summed E-state index contributed by atoms with van der Waals surface area (Å²) in [7, 11) is 0. The highest BCUT2D eigenvalue weighted by Crippen LogP contribution is 2.22. The van der Waals surface area contributed by atoms with Crippen molar-refractivity contribution in [3.05, 3.63) is 29.3 Å². The van der Waals surface area contributed by atoms with Gasteiger partial charge in [-0.1, -0.05) is 19.9 Å². The first-order valence-corrected chi connectivity index (χ1v) is 5.01. The molecule has 1 aliphatic heterocycles. The summed E-state index contributed by atoms with van der Waals surface area (Å²) in [6.45, 7) is 4.50. The first-order valence-electron chi connectivity index (χ1n) is 4.57. The van der Waals surface area contributed by atoms with Gasteiger partial charge >= 0.3 is 0 Å². The van der Waals surface area contributed by atoms with Crippen LogP contribution in [0.25, 0.3) is 0 Å². The molecule has 0 spiro atoms. The van der Waals surface area contributed by atoms with Crippen LogP contribution in [0.5, 0.6) is 0 Å². The predicted molar refractivity (Wildman–Crippen MR) is 59.1 cm³/mol. The molecule has 0 radical (unpaired) electrons. The number of hydrazine groups is 1. The van der Waals surface area contributed by atoms with Gasteiger partial charge < -0.3 is 0 Å². The number of hydrogen-bond donors (Lipinski definition) is 2. The quantitative estimate of drug-likeness (QED) is 0.390. The number of hydrogen-bond acceptors (Lipinski definition) is 3. The maximum absolute atomic E-state index is 11.3. The lowest BCUT2D eigenvalue weighted by Crippen LogP contribution is -2.30. The second kappa shape index (κ2) is 4.48. The number of carbonyl (C=O) groups is 1. The number of carbonyl (C=O) groups excluding carboxylic acids is 1. The van der Waals surface area contributed by atoms with Crippen LogP contribution in [0.4, 0.5) is 0 Å². The molecule has 0 unspecified atom stereocenters. The lowest BCUT2D eigenvalue weighted by atomic mass is 10.1. The van der Waals surface area contributed by atoms with Crippen molar-refractivity contribution >= 4 is 18.5 Å². The number of benzene rings is 1. The standard InChI is InChI=1S/C8H8N2OS.C2H6/c9-10-4-5-1-2-6(12)3-7(5)8(10)11;1-2/h1-3,12H,4,9H2;1-2H3. The van der Waals surface area contributed by atoms with Gasteiger partial charge in [0, 0.05) is 10.5 Å². The maximum atomic E-state index is 11.3. The minimum atomic E-state index is -0.124. The van der Waals surface area contributed by atoms with Crippen molar-refractivity contribution in [2.45, 2.75) is 25.3 Å². The molecule has 1 heterocycles. The van der Waals surface area contributed by atoms with Gasteiger partial charge in [-0.05, 0) is 17.7 Å². The van der Waals surface area contributed by atoms with Crippen LogP contribution in [0.15, 0.2) is 23.1 Å². The summed E-state index contributed by atoms with van der Waals surface area (Å²) < 4.78 is 0. The van der Waals surface area contributed by atoms with E-state index in [2.05, 4.69) is 12.6 Å². The average Bonchev–Trinajstić information content (AvgIpc) is 2.48. The van der Waals surface area contributed by atoms with E-state index in [9.17, 15) is 4.79 Å². The Balaban J connectivity index is 0.000000461. The Hall–Kier alpha value is -1.00. The molecule has 0 atom stereocenters. The summed E-state index contributed by atoms with van der Waals surface area (Å²) in [5.74, 6) is 5.31. The summed E-state index contributed by atoms with van der Waals surface area (Å²) >= 11 is 4.14. The number of nitrogens with zero attached hydrogens (tertiary/aromatic N) is 1. The Morgan fingerprint density at radius 1 is 1.43 bits per heavy atom. The molecule has 1 amide bonds. The molecule has 0 saturated carbocycles. The molecule has 0 aliphatic carbocycles. The molecule has 3 nitrogen and oxygen atoms in total. The minimum absolute atomic E-state index is 0.124. The molecule has 1 aromatic carbocycles. The molecule has 4 heteroatoms. The Kier molecular flexibility index (Phi) is 3.55. The van der Waals surface area contributed by atoms with Crippen molar-refractivity contribution in [1.29, 1.82) is 0 Å². The topological polar surface area (TPSA) is 46.3 Å². The predicted octanol–water partition coefficient (Wildman–Crippen LogP) is 1.83. The fourth-order valence-electron chi connectivity index (χ4n) is 1.31. The largest absolute Gasteiger partial charge is 0.272 e. The molecule has 1 aromatic rings. The molecule has 0 fully saturated rings. The number of thiol groups is 1. The van der Waals surface area contributed by atoms with E-state index in [0.29, 0.717) is 12.1 Å². The first kappa shape index (κ1) is 11.1. The third kappa shape index (κ3) is 1.91. The summed E-state index contributed by atoms with van der Waals surface area (Å²) in [6.07, 6.45) is 0. The number of amides is 1. The van der Waals surface area contributed by atoms with Gasteiger partial charge in [-0.25, -0.2) is 5.84 Å². The second-order valence-electron chi connectivity index (χ2n) is 2.77. The van der Waals surface area contributed by atoms with E-state index in [4.69, 9.17) is 5.84 Å². The van der Waals surface area contributed by atoms with Gasteiger partial charge in [-0.2, -0.15) is 0 Å². The van der Waals surface area contributed by atoms with Crippen LogP contribution in [-0.4, -0.2) is 10.9 Å².